The second-order valence-corrected chi connectivity index (χ2v) is 5.20. The van der Waals surface area contributed by atoms with Crippen LogP contribution in [-0.4, -0.2) is 36.6 Å². The Bertz CT molecular complexity index is 434. The van der Waals surface area contributed by atoms with E-state index in [0.717, 1.165) is 4.47 Å². The number of carbonyl (C=O) groups excluding carboxylic acids is 2. The molecule has 2 amide bonds. The fourth-order valence-electron chi connectivity index (χ4n) is 1.28. The maximum Gasteiger partial charge on any atom is 0.251 e. The molecule has 1 atom stereocenters. The molecule has 0 fully saturated rings. The summed E-state index contributed by atoms with van der Waals surface area (Å²) in [5.74, 6) is -0.560. The van der Waals surface area contributed by atoms with Crippen LogP contribution < -0.4 is 10.6 Å². The van der Waals surface area contributed by atoms with Crippen LogP contribution in [0.15, 0.2) is 28.7 Å². The Morgan fingerprint density at radius 3 is 2.47 bits per heavy atom. The molecule has 3 N–H and O–H groups in total. The maximum atomic E-state index is 11.7. The summed E-state index contributed by atoms with van der Waals surface area (Å²) in [6, 6.07) is 6.87. The second kappa shape index (κ2) is 7.91. The lowest BCUT2D eigenvalue weighted by Gasteiger charge is -2.10. The first-order chi connectivity index (χ1) is 9.02. The standard InChI is InChI=1S/C13H17BrN2O3/c1-9(8-17)6-15-12(18)7-16-13(19)10-2-4-11(14)5-3-10/h2-5,9,17H,6-8H2,1H3,(H,15,18)(H,16,19). The Kier molecular flexibility index (Phi) is 6.52. The lowest BCUT2D eigenvalue weighted by molar-refractivity contribution is -0.120. The Morgan fingerprint density at radius 1 is 1.26 bits per heavy atom. The molecule has 0 bridgehead atoms. The Balaban J connectivity index is 2.34. The first-order valence-corrected chi connectivity index (χ1v) is 6.73. The molecule has 19 heavy (non-hydrogen) atoms. The van der Waals surface area contributed by atoms with Crippen LogP contribution in [0.2, 0.25) is 0 Å². The molecule has 0 aliphatic heterocycles. The number of nitrogens with one attached hydrogen (secondary N) is 2. The summed E-state index contributed by atoms with van der Waals surface area (Å²) in [6.07, 6.45) is 0. The Hall–Kier alpha value is -1.40. The van der Waals surface area contributed by atoms with Crippen molar-refractivity contribution in [1.82, 2.24) is 10.6 Å². The van der Waals surface area contributed by atoms with Gasteiger partial charge in [0.25, 0.3) is 5.91 Å². The third-order valence-corrected chi connectivity index (χ3v) is 3.00. The Morgan fingerprint density at radius 2 is 1.89 bits per heavy atom. The molecule has 0 aliphatic rings. The zero-order chi connectivity index (χ0) is 14.3. The summed E-state index contributed by atoms with van der Waals surface area (Å²) in [4.78, 5) is 23.1. The summed E-state index contributed by atoms with van der Waals surface area (Å²) < 4.78 is 0.889. The van der Waals surface area contributed by atoms with Gasteiger partial charge in [-0.1, -0.05) is 22.9 Å². The minimum Gasteiger partial charge on any atom is -0.396 e. The molecule has 0 aliphatic carbocycles. The number of aliphatic hydroxyl groups is 1. The van der Waals surface area contributed by atoms with E-state index in [1.165, 1.54) is 0 Å². The van der Waals surface area contributed by atoms with E-state index in [2.05, 4.69) is 26.6 Å². The smallest absolute Gasteiger partial charge is 0.251 e. The molecule has 5 nitrogen and oxygen atoms in total. The predicted molar refractivity (Wildman–Crippen MR) is 75.7 cm³/mol. The molecule has 0 saturated heterocycles. The van der Waals surface area contributed by atoms with Gasteiger partial charge in [0.05, 0.1) is 6.54 Å². The minimum atomic E-state index is -0.294. The molecule has 1 unspecified atom stereocenters. The zero-order valence-corrected chi connectivity index (χ0v) is 12.2. The van der Waals surface area contributed by atoms with Gasteiger partial charge in [-0.25, -0.2) is 0 Å². The van der Waals surface area contributed by atoms with Gasteiger partial charge in [-0.05, 0) is 30.2 Å². The van der Waals surface area contributed by atoms with Crippen LogP contribution in [0.3, 0.4) is 0 Å². The summed E-state index contributed by atoms with van der Waals surface area (Å²) in [5.41, 5.74) is 0.500. The quantitative estimate of drug-likeness (QED) is 0.726. The van der Waals surface area contributed by atoms with E-state index in [1.54, 1.807) is 24.3 Å². The largest absolute Gasteiger partial charge is 0.396 e. The van der Waals surface area contributed by atoms with E-state index in [9.17, 15) is 9.59 Å². The van der Waals surface area contributed by atoms with Crippen molar-refractivity contribution in [2.45, 2.75) is 6.92 Å². The van der Waals surface area contributed by atoms with Crippen molar-refractivity contribution < 1.29 is 14.7 Å². The van der Waals surface area contributed by atoms with Gasteiger partial charge in [-0.15, -0.1) is 0 Å². The van der Waals surface area contributed by atoms with Crippen LogP contribution in [0.1, 0.15) is 17.3 Å². The van der Waals surface area contributed by atoms with Gasteiger partial charge in [0.1, 0.15) is 0 Å². The van der Waals surface area contributed by atoms with E-state index in [-0.39, 0.29) is 30.9 Å². The van der Waals surface area contributed by atoms with Crippen molar-refractivity contribution in [3.05, 3.63) is 34.3 Å². The van der Waals surface area contributed by atoms with Gasteiger partial charge in [0.2, 0.25) is 5.91 Å². The number of amides is 2. The van der Waals surface area contributed by atoms with Crippen LogP contribution >= 0.6 is 15.9 Å². The predicted octanol–water partition coefficient (Wildman–Crippen LogP) is 0.923. The number of aliphatic hydroxyl groups excluding tert-OH is 1. The molecule has 1 aromatic rings. The SMILES string of the molecule is CC(CO)CNC(=O)CNC(=O)c1ccc(Br)cc1. The van der Waals surface area contributed by atoms with Gasteiger partial charge in [0.15, 0.2) is 0 Å². The molecule has 0 aromatic heterocycles. The van der Waals surface area contributed by atoms with E-state index in [1.807, 2.05) is 6.92 Å². The molecule has 0 saturated carbocycles. The molecule has 104 valence electrons. The third-order valence-electron chi connectivity index (χ3n) is 2.48. The van der Waals surface area contributed by atoms with Crippen molar-refractivity contribution >= 4 is 27.7 Å². The van der Waals surface area contributed by atoms with Crippen LogP contribution in [0, 0.1) is 5.92 Å². The molecule has 0 spiro atoms. The van der Waals surface area contributed by atoms with E-state index in [4.69, 9.17) is 5.11 Å². The van der Waals surface area contributed by atoms with Gasteiger partial charge >= 0.3 is 0 Å². The van der Waals surface area contributed by atoms with Crippen LogP contribution in [0.4, 0.5) is 0 Å². The van der Waals surface area contributed by atoms with E-state index < -0.39 is 0 Å². The normalized spacial score (nSPS) is 11.7. The van der Waals surface area contributed by atoms with E-state index in [0.29, 0.717) is 12.1 Å². The van der Waals surface area contributed by atoms with Crippen molar-refractivity contribution in [3.63, 3.8) is 0 Å². The summed E-state index contributed by atoms with van der Waals surface area (Å²) in [5, 5.41) is 14.0. The number of hydrogen-bond donors (Lipinski definition) is 3. The average Bonchev–Trinajstić information content (AvgIpc) is 2.42. The van der Waals surface area contributed by atoms with E-state index >= 15 is 0 Å². The lowest BCUT2D eigenvalue weighted by Crippen LogP contribution is -2.39. The fraction of sp³-hybridized carbons (Fsp3) is 0.385. The monoisotopic (exact) mass is 328 g/mol. The van der Waals surface area contributed by atoms with Gasteiger partial charge < -0.3 is 15.7 Å². The number of rotatable bonds is 6. The molecule has 0 radical (unpaired) electrons. The average molecular weight is 329 g/mol. The van der Waals surface area contributed by atoms with Crippen LogP contribution in [0.25, 0.3) is 0 Å². The highest BCUT2D eigenvalue weighted by Crippen LogP contribution is 2.10. The molecule has 1 rings (SSSR count). The van der Waals surface area contributed by atoms with Crippen molar-refractivity contribution in [1.29, 1.82) is 0 Å². The van der Waals surface area contributed by atoms with Crippen molar-refractivity contribution in [3.8, 4) is 0 Å². The van der Waals surface area contributed by atoms with Crippen LogP contribution in [0.5, 0.6) is 0 Å². The maximum absolute atomic E-state index is 11.7. The first kappa shape index (κ1) is 15.7. The molecular formula is C13H17BrN2O3. The van der Waals surface area contributed by atoms with Crippen molar-refractivity contribution in [2.75, 3.05) is 19.7 Å². The number of benzene rings is 1. The highest BCUT2D eigenvalue weighted by atomic mass is 79.9. The Labute approximate surface area is 120 Å². The zero-order valence-electron chi connectivity index (χ0n) is 10.6. The molecule has 1 aromatic carbocycles. The van der Waals surface area contributed by atoms with Gasteiger partial charge in [0, 0.05) is 23.2 Å². The summed E-state index contributed by atoms with van der Waals surface area (Å²) in [7, 11) is 0. The third kappa shape index (κ3) is 5.85. The van der Waals surface area contributed by atoms with Crippen LogP contribution in [-0.2, 0) is 4.79 Å². The van der Waals surface area contributed by atoms with Gasteiger partial charge in [-0.2, -0.15) is 0 Å². The number of halogens is 1. The first-order valence-electron chi connectivity index (χ1n) is 5.94. The summed E-state index contributed by atoms with van der Waals surface area (Å²) in [6.45, 7) is 2.16. The summed E-state index contributed by atoms with van der Waals surface area (Å²) >= 11 is 3.28. The van der Waals surface area contributed by atoms with Crippen molar-refractivity contribution in [2.24, 2.45) is 5.92 Å². The van der Waals surface area contributed by atoms with Gasteiger partial charge in [-0.3, -0.25) is 9.59 Å². The molecule has 0 heterocycles. The molecular weight excluding hydrogens is 312 g/mol. The lowest BCUT2D eigenvalue weighted by atomic mass is 10.2. The number of carbonyl (C=O) groups is 2. The highest BCUT2D eigenvalue weighted by molar-refractivity contribution is 9.10. The topological polar surface area (TPSA) is 78.4 Å². The molecule has 6 heteroatoms. The fourth-order valence-corrected chi connectivity index (χ4v) is 1.54. The second-order valence-electron chi connectivity index (χ2n) is 4.28. The highest BCUT2D eigenvalue weighted by Gasteiger charge is 2.08. The minimum absolute atomic E-state index is 0.00567. The number of hydrogen-bond acceptors (Lipinski definition) is 3.